The second kappa shape index (κ2) is 10.4. The molecule has 0 radical (unpaired) electrons. The number of ether oxygens (including phenoxy) is 1. The Morgan fingerprint density at radius 1 is 0.914 bits per heavy atom. The number of hydrogen-bond donors (Lipinski definition) is 0. The number of fused-ring (bicyclic) bond motifs is 1. The van der Waals surface area contributed by atoms with E-state index in [2.05, 4.69) is 22.5 Å². The molecule has 1 aliphatic carbocycles. The number of rotatable bonds is 4. The standard InChI is InChI=1S/C29H23F5O/c1-2-19-3-5-20(6-4-19)7-8-21-10-15-25-24(17-21)14-13-23(28(25)31)12-9-22-11-16-27(26(30)18-22)35-29(32,33)34/h1,10-11,13-20H,3-8H2. The molecule has 4 rings (SSSR count). The molecule has 0 aromatic heterocycles. The summed E-state index contributed by atoms with van der Waals surface area (Å²) in [6, 6.07) is 11.8. The van der Waals surface area contributed by atoms with Crippen LogP contribution in [0.4, 0.5) is 22.0 Å². The van der Waals surface area contributed by atoms with E-state index in [0.29, 0.717) is 17.2 Å². The van der Waals surface area contributed by atoms with Gasteiger partial charge >= 0.3 is 6.36 Å². The molecule has 1 aliphatic rings. The first kappa shape index (κ1) is 24.6. The van der Waals surface area contributed by atoms with Crippen molar-refractivity contribution in [2.75, 3.05) is 0 Å². The van der Waals surface area contributed by atoms with Gasteiger partial charge in [0, 0.05) is 16.9 Å². The van der Waals surface area contributed by atoms with E-state index in [9.17, 15) is 17.6 Å². The van der Waals surface area contributed by atoms with Crippen LogP contribution in [0.5, 0.6) is 5.75 Å². The molecule has 1 fully saturated rings. The number of hydrogen-bond acceptors (Lipinski definition) is 1. The summed E-state index contributed by atoms with van der Waals surface area (Å²) < 4.78 is 69.3. The summed E-state index contributed by atoms with van der Waals surface area (Å²) in [4.78, 5) is 0. The Balaban J connectivity index is 1.45. The molecule has 0 atom stereocenters. The highest BCUT2D eigenvalue weighted by atomic mass is 19.4. The van der Waals surface area contributed by atoms with Crippen LogP contribution in [-0.4, -0.2) is 6.36 Å². The van der Waals surface area contributed by atoms with Gasteiger partial charge in [0.15, 0.2) is 11.6 Å². The molecule has 0 heterocycles. The predicted octanol–water partition coefficient (Wildman–Crippen LogP) is 7.79. The van der Waals surface area contributed by atoms with Crippen LogP contribution in [0.15, 0.2) is 48.5 Å². The fourth-order valence-corrected chi connectivity index (χ4v) is 4.51. The molecule has 0 aliphatic heterocycles. The van der Waals surface area contributed by atoms with E-state index in [1.807, 2.05) is 12.1 Å². The molecule has 6 heteroatoms. The summed E-state index contributed by atoms with van der Waals surface area (Å²) in [5, 5.41) is 1.19. The predicted molar refractivity (Wildman–Crippen MR) is 126 cm³/mol. The highest BCUT2D eigenvalue weighted by Crippen LogP contribution is 2.32. The summed E-state index contributed by atoms with van der Waals surface area (Å²) in [5.41, 5.74) is 1.36. The first-order valence-corrected chi connectivity index (χ1v) is 11.5. The fourth-order valence-electron chi connectivity index (χ4n) is 4.51. The van der Waals surface area contributed by atoms with Gasteiger partial charge in [0.05, 0.1) is 5.56 Å². The topological polar surface area (TPSA) is 9.23 Å². The van der Waals surface area contributed by atoms with Gasteiger partial charge < -0.3 is 4.74 Å². The van der Waals surface area contributed by atoms with Crippen molar-refractivity contribution in [3.63, 3.8) is 0 Å². The molecule has 0 N–H and O–H groups in total. The van der Waals surface area contributed by atoms with Crippen molar-refractivity contribution < 1.29 is 26.7 Å². The molecule has 0 saturated heterocycles. The largest absolute Gasteiger partial charge is 0.573 e. The minimum absolute atomic E-state index is 0.100. The van der Waals surface area contributed by atoms with Crippen molar-refractivity contribution in [1.29, 1.82) is 0 Å². The van der Waals surface area contributed by atoms with Gasteiger partial charge in [0.1, 0.15) is 5.82 Å². The average molecular weight is 482 g/mol. The molecule has 1 saturated carbocycles. The molecule has 35 heavy (non-hydrogen) atoms. The number of alkyl halides is 3. The van der Waals surface area contributed by atoms with Crippen molar-refractivity contribution >= 4 is 10.8 Å². The summed E-state index contributed by atoms with van der Waals surface area (Å²) in [5.74, 6) is 6.52. The smallest absolute Gasteiger partial charge is 0.403 e. The Morgan fingerprint density at radius 2 is 1.69 bits per heavy atom. The van der Waals surface area contributed by atoms with Crippen LogP contribution in [0, 0.1) is 47.7 Å². The molecular weight excluding hydrogens is 459 g/mol. The lowest BCUT2D eigenvalue weighted by Gasteiger charge is -2.25. The molecular formula is C29H23F5O. The third-order valence-electron chi connectivity index (χ3n) is 6.44. The normalized spacial score (nSPS) is 17.9. The Labute approximate surface area is 201 Å². The van der Waals surface area contributed by atoms with E-state index in [0.717, 1.165) is 61.6 Å². The number of halogens is 5. The van der Waals surface area contributed by atoms with Crippen LogP contribution in [0.3, 0.4) is 0 Å². The zero-order valence-corrected chi connectivity index (χ0v) is 18.9. The van der Waals surface area contributed by atoms with Crippen molar-refractivity contribution in [1.82, 2.24) is 0 Å². The minimum Gasteiger partial charge on any atom is -0.403 e. The van der Waals surface area contributed by atoms with Gasteiger partial charge in [-0.2, -0.15) is 0 Å². The van der Waals surface area contributed by atoms with Crippen LogP contribution in [0.25, 0.3) is 10.8 Å². The SMILES string of the molecule is C#CC1CCC(CCc2ccc3c(F)c(C#Cc4ccc(OC(F)(F)F)c(F)c4)ccc3c2)CC1. The zero-order chi connectivity index (χ0) is 25.0. The third-order valence-corrected chi connectivity index (χ3v) is 6.44. The fraction of sp³-hybridized carbons (Fsp3) is 0.310. The summed E-state index contributed by atoms with van der Waals surface area (Å²) in [6.07, 6.45) is 7.02. The highest BCUT2D eigenvalue weighted by Gasteiger charge is 2.32. The summed E-state index contributed by atoms with van der Waals surface area (Å²) in [7, 11) is 0. The minimum atomic E-state index is -5.00. The van der Waals surface area contributed by atoms with E-state index in [1.54, 1.807) is 18.2 Å². The Bertz CT molecular complexity index is 1320. The first-order chi connectivity index (χ1) is 16.7. The van der Waals surface area contributed by atoms with Gasteiger partial charge in [-0.25, -0.2) is 8.78 Å². The maximum absolute atomic E-state index is 15.0. The lowest BCUT2D eigenvalue weighted by molar-refractivity contribution is -0.275. The van der Waals surface area contributed by atoms with Crippen LogP contribution < -0.4 is 4.74 Å². The highest BCUT2D eigenvalue weighted by molar-refractivity contribution is 5.85. The summed E-state index contributed by atoms with van der Waals surface area (Å²) in [6.45, 7) is 0. The first-order valence-electron chi connectivity index (χ1n) is 11.5. The van der Waals surface area contributed by atoms with E-state index in [4.69, 9.17) is 6.42 Å². The molecule has 0 bridgehead atoms. The summed E-state index contributed by atoms with van der Waals surface area (Å²) >= 11 is 0. The monoisotopic (exact) mass is 482 g/mol. The van der Waals surface area contributed by atoms with Gasteiger partial charge in [-0.3, -0.25) is 0 Å². The van der Waals surface area contributed by atoms with Crippen LogP contribution in [-0.2, 0) is 6.42 Å². The Hall–Kier alpha value is -3.51. The zero-order valence-electron chi connectivity index (χ0n) is 18.9. The molecule has 180 valence electrons. The molecule has 3 aromatic carbocycles. The van der Waals surface area contributed by atoms with Gasteiger partial charge in [-0.1, -0.05) is 36.1 Å². The van der Waals surface area contributed by atoms with Gasteiger partial charge in [0.25, 0.3) is 0 Å². The van der Waals surface area contributed by atoms with Crippen molar-refractivity contribution in [2.24, 2.45) is 11.8 Å². The van der Waals surface area contributed by atoms with Crippen molar-refractivity contribution in [3.8, 4) is 29.9 Å². The second-order valence-corrected chi connectivity index (χ2v) is 8.85. The quantitative estimate of drug-likeness (QED) is 0.272. The molecule has 0 unspecified atom stereocenters. The third kappa shape index (κ3) is 6.34. The number of benzene rings is 3. The lowest BCUT2D eigenvalue weighted by Crippen LogP contribution is -2.17. The number of terminal acetylenes is 1. The van der Waals surface area contributed by atoms with E-state index >= 15 is 4.39 Å². The van der Waals surface area contributed by atoms with Gasteiger partial charge in [0.2, 0.25) is 0 Å². The Kier molecular flexibility index (Phi) is 7.31. The van der Waals surface area contributed by atoms with E-state index < -0.39 is 23.7 Å². The van der Waals surface area contributed by atoms with Crippen molar-refractivity contribution in [2.45, 2.75) is 44.9 Å². The van der Waals surface area contributed by atoms with Crippen LogP contribution >= 0.6 is 0 Å². The average Bonchev–Trinajstić information content (AvgIpc) is 2.83. The maximum Gasteiger partial charge on any atom is 0.573 e. The van der Waals surface area contributed by atoms with Crippen LogP contribution in [0.2, 0.25) is 0 Å². The molecule has 0 amide bonds. The lowest BCUT2D eigenvalue weighted by atomic mass is 9.80. The van der Waals surface area contributed by atoms with Crippen LogP contribution in [0.1, 0.15) is 48.8 Å². The molecule has 0 spiro atoms. The van der Waals surface area contributed by atoms with E-state index in [1.165, 1.54) is 6.07 Å². The van der Waals surface area contributed by atoms with Crippen molar-refractivity contribution in [3.05, 3.63) is 76.9 Å². The van der Waals surface area contributed by atoms with Gasteiger partial charge in [-0.15, -0.1) is 25.5 Å². The molecule has 1 nitrogen and oxygen atoms in total. The second-order valence-electron chi connectivity index (χ2n) is 8.85. The maximum atomic E-state index is 15.0. The Morgan fingerprint density at radius 3 is 2.37 bits per heavy atom. The van der Waals surface area contributed by atoms with E-state index in [-0.39, 0.29) is 11.1 Å². The van der Waals surface area contributed by atoms with Gasteiger partial charge in [-0.05, 0) is 79.7 Å². The number of aryl methyl sites for hydroxylation is 1. The molecule has 3 aromatic rings.